The number of hydrogen-bond acceptors (Lipinski definition) is 10. The summed E-state index contributed by atoms with van der Waals surface area (Å²) >= 11 is 0. The lowest BCUT2D eigenvalue weighted by Crippen LogP contribution is -2.59. The first-order chi connectivity index (χ1) is 26.6. The van der Waals surface area contributed by atoms with Gasteiger partial charge in [-0.15, -0.1) is 0 Å². The average molecular weight is 784 g/mol. The van der Waals surface area contributed by atoms with Crippen molar-refractivity contribution in [3.05, 3.63) is 23.3 Å². The van der Waals surface area contributed by atoms with Gasteiger partial charge in [-0.1, -0.05) is 155 Å². The zero-order valence-corrected chi connectivity index (χ0v) is 34.8. The Bertz CT molecular complexity index is 1020. The maximum Gasteiger partial charge on any atom is 0.207 e. The van der Waals surface area contributed by atoms with E-state index in [0.717, 1.165) is 56.9 Å². The van der Waals surface area contributed by atoms with Gasteiger partial charge in [0.05, 0.1) is 31.5 Å². The van der Waals surface area contributed by atoms with Crippen LogP contribution in [0, 0.1) is 0 Å². The van der Waals surface area contributed by atoms with Crippen molar-refractivity contribution in [2.75, 3.05) is 13.2 Å². The molecule has 8 atom stereocenters. The molecule has 0 aromatic rings. The Balaban J connectivity index is 0.000000615. The fourth-order valence-electron chi connectivity index (χ4n) is 7.20. The summed E-state index contributed by atoms with van der Waals surface area (Å²) < 4.78 is 10.8. The number of ether oxygens (including phenoxy) is 2. The molecule has 5 unspecified atom stereocenters. The Hall–Kier alpha value is -1.70. The number of hydrogen-bond donors (Lipinski definition) is 7. The van der Waals surface area contributed by atoms with Gasteiger partial charge < -0.3 is 45.4 Å². The van der Waals surface area contributed by atoms with E-state index in [2.05, 4.69) is 26.1 Å². The molecule has 322 valence electrons. The smallest absolute Gasteiger partial charge is 0.207 e. The summed E-state index contributed by atoms with van der Waals surface area (Å²) in [5.74, 6) is 0.326. The van der Waals surface area contributed by atoms with Crippen molar-refractivity contribution in [2.24, 2.45) is 0 Å². The minimum Gasteiger partial charge on any atom is -0.394 e. The molecule has 2 aliphatic rings. The molecule has 11 nitrogen and oxygen atoms in total. The number of carbonyl (C=O) groups excluding carboxylic acids is 2. The summed E-state index contributed by atoms with van der Waals surface area (Å²) in [7, 11) is 0. The van der Waals surface area contributed by atoms with Crippen molar-refractivity contribution < 1.29 is 49.7 Å². The molecule has 11 heteroatoms. The lowest BCUT2D eigenvalue weighted by Gasteiger charge is -2.40. The van der Waals surface area contributed by atoms with Crippen LogP contribution in [0.5, 0.6) is 0 Å². The van der Waals surface area contributed by atoms with Gasteiger partial charge >= 0.3 is 0 Å². The van der Waals surface area contributed by atoms with E-state index in [1.807, 2.05) is 12.2 Å². The number of Topliss-reactive ketones (excluding diaryl/α,β-unsaturated/α-hetero) is 1. The van der Waals surface area contributed by atoms with Crippen LogP contribution in [0.4, 0.5) is 0 Å². The lowest BCUT2D eigenvalue weighted by molar-refractivity contribution is -0.302. The summed E-state index contributed by atoms with van der Waals surface area (Å²) in [6, 6.07) is -0.706. The highest BCUT2D eigenvalue weighted by Crippen LogP contribution is 2.28. The van der Waals surface area contributed by atoms with Crippen LogP contribution >= 0.6 is 0 Å². The largest absolute Gasteiger partial charge is 0.394 e. The van der Waals surface area contributed by atoms with Crippen molar-refractivity contribution in [3.8, 4) is 0 Å². The van der Waals surface area contributed by atoms with E-state index in [9.17, 15) is 40.2 Å². The maximum atomic E-state index is 11.9. The second-order valence-corrected chi connectivity index (χ2v) is 15.7. The Kier molecular flexibility index (Phi) is 31.1. The van der Waals surface area contributed by atoms with Gasteiger partial charge in [0.25, 0.3) is 0 Å². The number of aliphatic hydroxyl groups excluding tert-OH is 6. The number of amides is 1. The zero-order valence-electron chi connectivity index (χ0n) is 34.8. The molecule has 1 aliphatic carbocycles. The van der Waals surface area contributed by atoms with E-state index >= 15 is 0 Å². The van der Waals surface area contributed by atoms with Gasteiger partial charge in [0.2, 0.25) is 6.41 Å². The molecule has 0 spiro atoms. The fourth-order valence-corrected chi connectivity index (χ4v) is 7.20. The van der Waals surface area contributed by atoms with Crippen LogP contribution < -0.4 is 5.32 Å². The number of unbranched alkanes of at least 4 members (excludes halogenated alkanes) is 17. The van der Waals surface area contributed by atoms with Crippen LogP contribution in [0.3, 0.4) is 0 Å². The summed E-state index contributed by atoms with van der Waals surface area (Å²) in [5.41, 5.74) is 2.20. The van der Waals surface area contributed by atoms with Gasteiger partial charge in [-0.3, -0.25) is 9.59 Å². The van der Waals surface area contributed by atoms with Crippen molar-refractivity contribution in [1.29, 1.82) is 0 Å². The van der Waals surface area contributed by atoms with Crippen molar-refractivity contribution in [3.63, 3.8) is 0 Å². The second kappa shape index (κ2) is 33.3. The number of nitrogens with one attached hydrogen (secondary N) is 1. The third-order valence-electron chi connectivity index (χ3n) is 10.9. The van der Waals surface area contributed by atoms with Gasteiger partial charge in [0.1, 0.15) is 24.4 Å². The van der Waals surface area contributed by atoms with Gasteiger partial charge in [0, 0.05) is 6.42 Å². The molecule has 1 amide bonds. The van der Waals surface area contributed by atoms with Crippen molar-refractivity contribution >= 4 is 12.2 Å². The Morgan fingerprint density at radius 3 is 1.82 bits per heavy atom. The molecule has 55 heavy (non-hydrogen) atoms. The molecule has 7 N–H and O–H groups in total. The van der Waals surface area contributed by atoms with E-state index in [4.69, 9.17) is 9.47 Å². The van der Waals surface area contributed by atoms with Crippen LogP contribution in [0.1, 0.15) is 181 Å². The minimum absolute atomic E-state index is 0.152. The second-order valence-electron chi connectivity index (χ2n) is 15.7. The molecule has 1 aliphatic heterocycles. The Morgan fingerprint density at radius 2 is 1.25 bits per heavy atom. The third-order valence-corrected chi connectivity index (χ3v) is 10.9. The predicted octanol–water partition coefficient (Wildman–Crippen LogP) is 6.87. The number of aliphatic hydroxyl groups is 6. The lowest BCUT2D eigenvalue weighted by atomic mass is 9.99. The molecule has 0 aromatic carbocycles. The van der Waals surface area contributed by atoms with Crippen LogP contribution in [0.15, 0.2) is 23.3 Å². The Morgan fingerprint density at radius 1 is 0.727 bits per heavy atom. The summed E-state index contributed by atoms with van der Waals surface area (Å²) in [6.45, 7) is 5.91. The molecule has 0 bridgehead atoms. The van der Waals surface area contributed by atoms with E-state index in [0.29, 0.717) is 25.0 Å². The molecular weight excluding hydrogens is 702 g/mol. The molecule has 1 heterocycles. The van der Waals surface area contributed by atoms with Gasteiger partial charge in [0.15, 0.2) is 12.1 Å². The normalized spacial score (nSPS) is 23.1. The molecule has 0 aromatic heterocycles. The molecule has 0 saturated carbocycles. The van der Waals surface area contributed by atoms with E-state index in [-0.39, 0.29) is 12.7 Å². The van der Waals surface area contributed by atoms with E-state index < -0.39 is 49.5 Å². The number of allylic oxidation sites excluding steroid dienone is 3. The number of carbonyl (C=O) groups is 2. The highest BCUT2D eigenvalue weighted by molar-refractivity contribution is 5.99. The first kappa shape index (κ1) is 51.3. The molecule has 0 radical (unpaired) electrons. The SMILES string of the molecule is CCCCCCC1=C(/C=C/[C@@H](O)CCCCC)CCC1=O.CCCCCCCCCCCCCCC[C@@H](O)[C@H](COC1OC(CO)C(O)C(O)C1O)NC=O. The molecule has 1 saturated heterocycles. The standard InChI is InChI=1S/C25H49NO8.C19H32O2/c1-2-3-4-5-6-7-8-9-10-11-12-13-14-15-20(29)19(26-18-28)17-33-25-24(32)23(31)22(30)21(16-27)34-25;1-3-5-7-9-11-18-16(13-15-19(18)21)12-14-17(20)10-8-6-4-2/h18-25,27,29-32H,2-17H2,1H3,(H,26,28);12,14,17,20H,3-11,13,15H2,1-2H3/b;14-12+/t19-,20+,21?,22?,23?,24?,25?;17-/m00/s1. The van der Waals surface area contributed by atoms with Crippen molar-refractivity contribution in [1.82, 2.24) is 5.32 Å². The van der Waals surface area contributed by atoms with E-state index in [1.165, 1.54) is 102 Å². The molecule has 2 rings (SSSR count). The highest BCUT2D eigenvalue weighted by Gasteiger charge is 2.44. The molecular formula is C44H81NO10. The number of rotatable bonds is 32. The molecule has 1 fully saturated rings. The monoisotopic (exact) mass is 784 g/mol. The van der Waals surface area contributed by atoms with Gasteiger partial charge in [-0.2, -0.15) is 0 Å². The maximum absolute atomic E-state index is 11.9. The zero-order chi connectivity index (χ0) is 40.7. The van der Waals surface area contributed by atoms with Crippen LogP contribution in [0.2, 0.25) is 0 Å². The first-order valence-corrected chi connectivity index (χ1v) is 22.1. The summed E-state index contributed by atoms with van der Waals surface area (Å²) in [5, 5.41) is 61.9. The van der Waals surface area contributed by atoms with E-state index in [1.54, 1.807) is 0 Å². The summed E-state index contributed by atoms with van der Waals surface area (Å²) in [4.78, 5) is 22.9. The predicted molar refractivity (Wildman–Crippen MR) is 218 cm³/mol. The van der Waals surface area contributed by atoms with Crippen LogP contribution in [-0.4, -0.2) is 105 Å². The first-order valence-electron chi connectivity index (χ1n) is 22.1. The fraction of sp³-hybridized carbons (Fsp3) is 0.864. The van der Waals surface area contributed by atoms with Crippen molar-refractivity contribution in [2.45, 2.75) is 230 Å². The quantitative estimate of drug-likeness (QED) is 0.0280. The summed E-state index contributed by atoms with van der Waals surface area (Å²) in [6.07, 6.45) is 24.4. The average Bonchev–Trinajstić information content (AvgIpc) is 3.54. The van der Waals surface area contributed by atoms with Crippen LogP contribution in [0.25, 0.3) is 0 Å². The topological polar surface area (TPSA) is 186 Å². The van der Waals surface area contributed by atoms with Crippen LogP contribution in [-0.2, 0) is 19.1 Å². The van der Waals surface area contributed by atoms with Gasteiger partial charge in [-0.05, 0) is 43.3 Å². The van der Waals surface area contributed by atoms with Gasteiger partial charge in [-0.25, -0.2) is 0 Å². The minimum atomic E-state index is -1.54. The highest BCUT2D eigenvalue weighted by atomic mass is 16.7. The third kappa shape index (κ3) is 22.7. The number of ketones is 1. The Labute approximate surface area is 333 Å².